The second kappa shape index (κ2) is 38.2. The highest BCUT2D eigenvalue weighted by Crippen LogP contribution is 2.14. The minimum atomic E-state index is -0.877. The van der Waals surface area contributed by atoms with E-state index in [0.717, 1.165) is 70.6 Å². The van der Waals surface area contributed by atoms with Crippen molar-refractivity contribution >= 4 is 17.9 Å². The van der Waals surface area contributed by atoms with Crippen LogP contribution in [0.2, 0.25) is 0 Å². The van der Waals surface area contributed by atoms with Crippen LogP contribution in [-0.2, 0) is 28.6 Å². The molecule has 2 unspecified atom stereocenters. The van der Waals surface area contributed by atoms with Gasteiger partial charge in [-0.2, -0.15) is 0 Å². The van der Waals surface area contributed by atoms with Gasteiger partial charge in [-0.15, -0.1) is 0 Å². The van der Waals surface area contributed by atoms with Crippen molar-refractivity contribution in [3.8, 4) is 0 Å². The number of rotatable bonds is 39. The Balaban J connectivity index is 4.30. The maximum Gasteiger partial charge on any atom is 0.362 e. The lowest BCUT2D eigenvalue weighted by molar-refractivity contribution is -0.887. The molecule has 318 valence electrons. The molecule has 0 fully saturated rings. The van der Waals surface area contributed by atoms with Crippen molar-refractivity contribution in [2.75, 3.05) is 41.0 Å². The SMILES string of the molecule is CC/C=C/C/C=C/C/C=C/C/C=C/CCCCCCCCCC(=O)OCC(COCCC(C(=O)O)[N+](C)(C)C)OC(=O)CCCCCCCCCCCCC. The Labute approximate surface area is 337 Å². The van der Waals surface area contributed by atoms with Crippen LogP contribution in [0.25, 0.3) is 0 Å². The number of unbranched alkanes of at least 4 members (excludes halogenated alkanes) is 17. The number of esters is 2. The number of carboxylic acids is 1. The number of aliphatic carboxylic acids is 1. The molecule has 0 aromatic heterocycles. The lowest BCUT2D eigenvalue weighted by atomic mass is 10.1. The highest BCUT2D eigenvalue weighted by molar-refractivity contribution is 5.72. The predicted molar refractivity (Wildman–Crippen MR) is 229 cm³/mol. The van der Waals surface area contributed by atoms with E-state index in [1.54, 1.807) is 0 Å². The van der Waals surface area contributed by atoms with Crippen LogP contribution in [0.15, 0.2) is 48.6 Å². The number of hydrogen-bond acceptors (Lipinski definition) is 6. The van der Waals surface area contributed by atoms with Gasteiger partial charge in [0, 0.05) is 19.3 Å². The number of likely N-dealkylation sites (N-methyl/N-ethyl adjacent to an activating group) is 1. The zero-order chi connectivity index (χ0) is 40.7. The molecule has 0 heterocycles. The topological polar surface area (TPSA) is 99.1 Å². The molecule has 2 atom stereocenters. The van der Waals surface area contributed by atoms with E-state index in [4.69, 9.17) is 14.2 Å². The van der Waals surface area contributed by atoms with Gasteiger partial charge in [-0.1, -0.05) is 159 Å². The molecule has 1 N–H and O–H groups in total. The number of quaternary nitrogens is 1. The lowest BCUT2D eigenvalue weighted by Crippen LogP contribution is -2.50. The Kier molecular flexibility index (Phi) is 36.3. The van der Waals surface area contributed by atoms with Crippen LogP contribution in [0.1, 0.15) is 181 Å². The van der Waals surface area contributed by atoms with Crippen LogP contribution in [0.5, 0.6) is 0 Å². The Hall–Kier alpha value is -2.71. The van der Waals surface area contributed by atoms with E-state index in [2.05, 4.69) is 62.5 Å². The molecule has 55 heavy (non-hydrogen) atoms. The molecular formula is C47H84NO7+. The van der Waals surface area contributed by atoms with Crippen LogP contribution in [0.4, 0.5) is 0 Å². The summed E-state index contributed by atoms with van der Waals surface area (Å²) < 4.78 is 17.3. The molecule has 0 saturated carbocycles. The van der Waals surface area contributed by atoms with E-state index in [1.165, 1.54) is 77.0 Å². The Morgan fingerprint density at radius 2 is 1.02 bits per heavy atom. The first-order valence-electron chi connectivity index (χ1n) is 22.2. The average molecular weight is 775 g/mol. The van der Waals surface area contributed by atoms with Gasteiger partial charge in [0.25, 0.3) is 0 Å². The van der Waals surface area contributed by atoms with Crippen molar-refractivity contribution in [1.82, 2.24) is 0 Å². The van der Waals surface area contributed by atoms with E-state index in [9.17, 15) is 19.5 Å². The fraction of sp³-hybridized carbons (Fsp3) is 0.766. The summed E-state index contributed by atoms with van der Waals surface area (Å²) in [7, 11) is 5.52. The zero-order valence-corrected chi connectivity index (χ0v) is 36.1. The molecule has 0 aromatic rings. The van der Waals surface area contributed by atoms with Gasteiger partial charge in [-0.3, -0.25) is 9.59 Å². The monoisotopic (exact) mass is 775 g/mol. The fourth-order valence-electron chi connectivity index (χ4n) is 6.32. The summed E-state index contributed by atoms with van der Waals surface area (Å²) in [6.07, 6.45) is 44.3. The summed E-state index contributed by atoms with van der Waals surface area (Å²) >= 11 is 0. The summed E-state index contributed by atoms with van der Waals surface area (Å²) in [6, 6.07) is -0.615. The zero-order valence-electron chi connectivity index (χ0n) is 36.1. The molecule has 0 bridgehead atoms. The summed E-state index contributed by atoms with van der Waals surface area (Å²) in [5.41, 5.74) is 0. The smallest absolute Gasteiger partial charge is 0.362 e. The molecule has 0 rings (SSSR count). The molecule has 0 radical (unpaired) electrons. The van der Waals surface area contributed by atoms with Gasteiger partial charge in [0.1, 0.15) is 6.61 Å². The highest BCUT2D eigenvalue weighted by Gasteiger charge is 2.31. The van der Waals surface area contributed by atoms with Crippen molar-refractivity contribution in [1.29, 1.82) is 0 Å². The normalized spacial score (nSPS) is 13.4. The third kappa shape index (κ3) is 36.7. The molecule has 0 aliphatic rings. The first-order chi connectivity index (χ1) is 26.6. The molecular weight excluding hydrogens is 691 g/mol. The van der Waals surface area contributed by atoms with Crippen molar-refractivity contribution in [3.63, 3.8) is 0 Å². The van der Waals surface area contributed by atoms with E-state index in [1.807, 2.05) is 21.1 Å². The largest absolute Gasteiger partial charge is 0.477 e. The number of allylic oxidation sites excluding steroid dienone is 8. The second-order valence-electron chi connectivity index (χ2n) is 15.9. The van der Waals surface area contributed by atoms with Gasteiger partial charge in [0.05, 0.1) is 34.4 Å². The van der Waals surface area contributed by atoms with Gasteiger partial charge in [0.2, 0.25) is 0 Å². The fourth-order valence-corrected chi connectivity index (χ4v) is 6.32. The van der Waals surface area contributed by atoms with Crippen LogP contribution in [0.3, 0.4) is 0 Å². The molecule has 0 aliphatic carbocycles. The summed E-state index contributed by atoms with van der Waals surface area (Å²) in [4.78, 5) is 36.9. The highest BCUT2D eigenvalue weighted by atomic mass is 16.6. The number of carboxylic acid groups (broad SMARTS) is 1. The second-order valence-corrected chi connectivity index (χ2v) is 15.9. The average Bonchev–Trinajstić information content (AvgIpc) is 3.14. The summed E-state index contributed by atoms with van der Waals surface area (Å²) in [5.74, 6) is -1.48. The molecule has 0 aliphatic heterocycles. The van der Waals surface area contributed by atoms with Gasteiger partial charge in [0.15, 0.2) is 12.1 Å². The van der Waals surface area contributed by atoms with Crippen LogP contribution < -0.4 is 0 Å². The van der Waals surface area contributed by atoms with Gasteiger partial charge in [-0.05, 0) is 51.4 Å². The quantitative estimate of drug-likeness (QED) is 0.0287. The minimum Gasteiger partial charge on any atom is -0.477 e. The molecule has 8 nitrogen and oxygen atoms in total. The Bertz CT molecular complexity index is 1040. The van der Waals surface area contributed by atoms with E-state index in [0.29, 0.717) is 19.3 Å². The third-order valence-corrected chi connectivity index (χ3v) is 9.74. The van der Waals surface area contributed by atoms with Crippen molar-refractivity contribution in [3.05, 3.63) is 48.6 Å². The van der Waals surface area contributed by atoms with Crippen LogP contribution in [0, 0.1) is 0 Å². The Morgan fingerprint density at radius 1 is 0.564 bits per heavy atom. The third-order valence-electron chi connectivity index (χ3n) is 9.74. The van der Waals surface area contributed by atoms with Crippen molar-refractivity contribution < 1.29 is 38.2 Å². The van der Waals surface area contributed by atoms with E-state index >= 15 is 0 Å². The molecule has 0 amide bonds. The van der Waals surface area contributed by atoms with Crippen LogP contribution in [-0.4, -0.2) is 80.6 Å². The summed E-state index contributed by atoms with van der Waals surface area (Å²) in [5, 5.41) is 9.61. The van der Waals surface area contributed by atoms with E-state index < -0.39 is 18.1 Å². The first kappa shape index (κ1) is 52.3. The summed E-state index contributed by atoms with van der Waals surface area (Å²) in [6.45, 7) is 4.60. The molecule has 8 heteroatoms. The van der Waals surface area contributed by atoms with Crippen molar-refractivity contribution in [2.24, 2.45) is 0 Å². The van der Waals surface area contributed by atoms with Gasteiger partial charge < -0.3 is 23.8 Å². The predicted octanol–water partition coefficient (Wildman–Crippen LogP) is 12.0. The number of ether oxygens (including phenoxy) is 3. The van der Waals surface area contributed by atoms with Crippen LogP contribution >= 0.6 is 0 Å². The maximum atomic E-state index is 12.7. The lowest BCUT2D eigenvalue weighted by Gasteiger charge is -2.31. The number of nitrogens with zero attached hydrogens (tertiary/aromatic N) is 1. The van der Waals surface area contributed by atoms with E-state index in [-0.39, 0.29) is 36.2 Å². The minimum absolute atomic E-state index is 0.0558. The number of carbonyl (C=O) groups excluding carboxylic acids is 2. The standard InChI is InChI=1S/C47H83NO7/c1-6-8-10-12-14-16-18-19-20-21-22-23-24-25-26-28-29-31-33-35-37-45(49)54-42-43(41-53-40-39-44(47(51)52)48(3,4)5)55-46(50)38-36-34-32-30-27-17-15-13-11-9-7-2/h8,10,14,16,19-20,22-23,43-44H,6-7,9,11-13,15,17-18,21,24-42H2,1-5H3/p+1/b10-8+,16-14+,20-19+,23-22+. The van der Waals surface area contributed by atoms with Gasteiger partial charge >= 0.3 is 17.9 Å². The molecule has 0 saturated heterocycles. The number of hydrogen-bond donors (Lipinski definition) is 1. The van der Waals surface area contributed by atoms with Crippen molar-refractivity contribution in [2.45, 2.75) is 193 Å². The Morgan fingerprint density at radius 3 is 1.51 bits per heavy atom. The molecule has 0 aromatic carbocycles. The first-order valence-corrected chi connectivity index (χ1v) is 22.2. The van der Waals surface area contributed by atoms with Gasteiger partial charge in [-0.25, -0.2) is 4.79 Å². The molecule has 0 spiro atoms. The maximum absolute atomic E-state index is 12.7. The number of carbonyl (C=O) groups is 3.